The Morgan fingerprint density at radius 3 is 2.76 bits per heavy atom. The van der Waals surface area contributed by atoms with E-state index in [0.29, 0.717) is 0 Å². The molecule has 0 bridgehead atoms. The number of fused-ring (bicyclic) bond motifs is 1. The zero-order chi connectivity index (χ0) is 15.1. The minimum Gasteiger partial charge on any atom is -0.468 e. The van der Waals surface area contributed by atoms with Crippen molar-refractivity contribution in [1.29, 1.82) is 0 Å². The molecule has 1 amide bonds. The number of carbonyl (C=O) groups is 2. The molecule has 0 unspecified atom stereocenters. The fourth-order valence-corrected chi connectivity index (χ4v) is 1.74. The van der Waals surface area contributed by atoms with Gasteiger partial charge in [0.25, 0.3) is 0 Å². The van der Waals surface area contributed by atoms with E-state index in [4.69, 9.17) is 0 Å². The molecule has 108 valence electrons. The van der Waals surface area contributed by atoms with E-state index in [1.807, 2.05) is 42.5 Å². The van der Waals surface area contributed by atoms with Crippen molar-refractivity contribution >= 4 is 29.0 Å². The van der Waals surface area contributed by atoms with E-state index in [9.17, 15) is 9.59 Å². The molecule has 0 aliphatic carbocycles. The smallest absolute Gasteiger partial charge is 0.433 e. The van der Waals surface area contributed by atoms with Crippen LogP contribution in [0.4, 0.5) is 4.79 Å². The predicted octanol–water partition coefficient (Wildman–Crippen LogP) is 2.07. The van der Waals surface area contributed by atoms with Crippen molar-refractivity contribution in [3.05, 3.63) is 48.0 Å². The lowest BCUT2D eigenvalue weighted by molar-refractivity contribution is -0.139. The lowest BCUT2D eigenvalue weighted by Crippen LogP contribution is -2.29. The molecule has 0 spiro atoms. The highest BCUT2D eigenvalue weighted by Gasteiger charge is 2.05. The van der Waals surface area contributed by atoms with Gasteiger partial charge in [-0.3, -0.25) is 9.63 Å². The van der Waals surface area contributed by atoms with Crippen LogP contribution in [0.1, 0.15) is 5.56 Å². The fraction of sp³-hybridized carbons (Fsp3) is 0.133. The maximum absolute atomic E-state index is 11.3. The summed E-state index contributed by atoms with van der Waals surface area (Å²) in [5.74, 6) is -0.565. The van der Waals surface area contributed by atoms with Gasteiger partial charge >= 0.3 is 12.1 Å². The van der Waals surface area contributed by atoms with Gasteiger partial charge in [-0.2, -0.15) is 0 Å². The molecule has 21 heavy (non-hydrogen) atoms. The summed E-state index contributed by atoms with van der Waals surface area (Å²) in [6.45, 7) is -0.265. The maximum atomic E-state index is 11.3. The summed E-state index contributed by atoms with van der Waals surface area (Å²) in [7, 11) is 1.23. The zero-order valence-corrected chi connectivity index (χ0v) is 11.4. The third-order valence-corrected chi connectivity index (χ3v) is 2.76. The highest BCUT2D eigenvalue weighted by molar-refractivity contribution is 5.99. The molecule has 2 aromatic carbocycles. The third-order valence-electron chi connectivity index (χ3n) is 2.76. The van der Waals surface area contributed by atoms with E-state index < -0.39 is 12.1 Å². The van der Waals surface area contributed by atoms with Crippen LogP contribution in [0.15, 0.2) is 47.6 Å². The van der Waals surface area contributed by atoms with Gasteiger partial charge in [0, 0.05) is 5.56 Å². The number of methoxy groups -OCH3 is 1. The molecule has 6 heteroatoms. The summed E-state index contributed by atoms with van der Waals surface area (Å²) >= 11 is 0. The van der Waals surface area contributed by atoms with Gasteiger partial charge in [0.15, 0.2) is 0 Å². The molecule has 0 radical (unpaired) electrons. The number of oxime groups is 1. The number of esters is 1. The standard InChI is InChI=1S/C15H14N2O4/c1-20-14(18)10-16-15(19)21-17-9-12-7-4-6-11-5-2-3-8-13(11)12/h2-9H,10H2,1H3,(H,16,19)/b17-9+. The van der Waals surface area contributed by atoms with Gasteiger partial charge in [0.1, 0.15) is 6.54 Å². The van der Waals surface area contributed by atoms with Crippen molar-refractivity contribution in [3.8, 4) is 0 Å². The van der Waals surface area contributed by atoms with Crippen LogP contribution in [0, 0.1) is 0 Å². The van der Waals surface area contributed by atoms with E-state index in [0.717, 1.165) is 16.3 Å². The topological polar surface area (TPSA) is 77.0 Å². The second-order valence-electron chi connectivity index (χ2n) is 4.11. The normalized spacial score (nSPS) is 10.5. The van der Waals surface area contributed by atoms with Gasteiger partial charge in [-0.25, -0.2) is 4.79 Å². The van der Waals surface area contributed by atoms with E-state index in [-0.39, 0.29) is 6.54 Å². The predicted molar refractivity (Wildman–Crippen MR) is 78.0 cm³/mol. The molecular formula is C15H14N2O4. The van der Waals surface area contributed by atoms with E-state index in [1.165, 1.54) is 13.3 Å². The molecule has 0 aliphatic heterocycles. The highest BCUT2D eigenvalue weighted by Crippen LogP contribution is 2.16. The number of rotatable bonds is 4. The van der Waals surface area contributed by atoms with E-state index in [2.05, 4.69) is 20.0 Å². The number of nitrogens with zero attached hydrogens (tertiary/aromatic N) is 1. The SMILES string of the molecule is COC(=O)CNC(=O)O/N=C/c1cccc2ccccc12. The number of ether oxygens (including phenoxy) is 1. The van der Waals surface area contributed by atoms with Gasteiger partial charge in [0.05, 0.1) is 13.3 Å². The second kappa shape index (κ2) is 7.04. The van der Waals surface area contributed by atoms with Crippen molar-refractivity contribution in [3.63, 3.8) is 0 Å². The van der Waals surface area contributed by atoms with Crippen LogP contribution < -0.4 is 5.32 Å². The lowest BCUT2D eigenvalue weighted by atomic mass is 10.1. The van der Waals surface area contributed by atoms with Crippen molar-refractivity contribution in [2.24, 2.45) is 5.16 Å². The maximum Gasteiger partial charge on any atom is 0.433 e. The monoisotopic (exact) mass is 286 g/mol. The molecule has 0 aromatic heterocycles. The first kappa shape index (κ1) is 14.5. The summed E-state index contributed by atoms with van der Waals surface area (Å²) in [5.41, 5.74) is 0.828. The molecule has 0 atom stereocenters. The molecule has 6 nitrogen and oxygen atoms in total. The number of hydrogen-bond acceptors (Lipinski definition) is 5. The van der Waals surface area contributed by atoms with Crippen molar-refractivity contribution < 1.29 is 19.2 Å². The average Bonchev–Trinajstić information content (AvgIpc) is 2.52. The van der Waals surface area contributed by atoms with Crippen LogP contribution in [-0.4, -0.2) is 31.9 Å². The molecule has 0 fully saturated rings. The Balaban J connectivity index is 1.97. The van der Waals surface area contributed by atoms with Crippen LogP contribution in [-0.2, 0) is 14.4 Å². The number of benzene rings is 2. The number of nitrogens with one attached hydrogen (secondary N) is 1. The molecule has 2 aromatic rings. The minimum absolute atomic E-state index is 0.265. The Morgan fingerprint density at radius 2 is 1.95 bits per heavy atom. The number of hydrogen-bond donors (Lipinski definition) is 1. The van der Waals surface area contributed by atoms with Gasteiger partial charge in [-0.05, 0) is 10.8 Å². The van der Waals surface area contributed by atoms with E-state index >= 15 is 0 Å². The van der Waals surface area contributed by atoms with E-state index in [1.54, 1.807) is 0 Å². The van der Waals surface area contributed by atoms with Gasteiger partial charge < -0.3 is 10.1 Å². The summed E-state index contributed by atoms with van der Waals surface area (Å²) in [5, 5.41) is 7.88. The molecule has 1 N–H and O–H groups in total. The fourth-order valence-electron chi connectivity index (χ4n) is 1.74. The van der Waals surface area contributed by atoms with Gasteiger partial charge in [0.2, 0.25) is 0 Å². The highest BCUT2D eigenvalue weighted by atomic mass is 16.7. The molecule has 0 aliphatic rings. The molecule has 0 heterocycles. The minimum atomic E-state index is -0.822. The Morgan fingerprint density at radius 1 is 1.19 bits per heavy atom. The summed E-state index contributed by atoms with van der Waals surface area (Å²) in [6, 6.07) is 13.5. The van der Waals surface area contributed by atoms with Crippen molar-refractivity contribution in [2.45, 2.75) is 0 Å². The second-order valence-corrected chi connectivity index (χ2v) is 4.11. The van der Waals surface area contributed by atoms with Crippen LogP contribution in [0.3, 0.4) is 0 Å². The number of amides is 1. The largest absolute Gasteiger partial charge is 0.468 e. The summed E-state index contributed by atoms with van der Waals surface area (Å²) < 4.78 is 4.37. The molecular weight excluding hydrogens is 272 g/mol. The zero-order valence-electron chi connectivity index (χ0n) is 11.4. The van der Waals surface area contributed by atoms with Crippen molar-refractivity contribution in [2.75, 3.05) is 13.7 Å². The van der Waals surface area contributed by atoms with Gasteiger partial charge in [-0.1, -0.05) is 47.6 Å². The lowest BCUT2D eigenvalue weighted by Gasteiger charge is -2.02. The molecule has 0 saturated carbocycles. The first-order chi connectivity index (χ1) is 10.2. The van der Waals surface area contributed by atoms with Crippen LogP contribution in [0.2, 0.25) is 0 Å². The Hall–Kier alpha value is -2.89. The third kappa shape index (κ3) is 4.04. The quantitative estimate of drug-likeness (QED) is 0.404. The Labute approximate surface area is 121 Å². The molecule has 0 saturated heterocycles. The first-order valence-corrected chi connectivity index (χ1v) is 6.23. The first-order valence-electron chi connectivity index (χ1n) is 6.23. The number of carbonyl (C=O) groups excluding carboxylic acids is 2. The van der Waals surface area contributed by atoms with Crippen LogP contribution >= 0.6 is 0 Å². The van der Waals surface area contributed by atoms with Gasteiger partial charge in [-0.15, -0.1) is 0 Å². The van der Waals surface area contributed by atoms with Crippen LogP contribution in [0.5, 0.6) is 0 Å². The average molecular weight is 286 g/mol. The van der Waals surface area contributed by atoms with Crippen LogP contribution in [0.25, 0.3) is 10.8 Å². The Bertz CT molecular complexity index is 677. The summed E-state index contributed by atoms with van der Waals surface area (Å²) in [4.78, 5) is 26.7. The summed E-state index contributed by atoms with van der Waals surface area (Å²) in [6.07, 6.45) is 0.622. The molecule has 2 rings (SSSR count). The van der Waals surface area contributed by atoms with Crippen molar-refractivity contribution in [1.82, 2.24) is 5.32 Å². The Kier molecular flexibility index (Phi) is 4.87.